The summed E-state index contributed by atoms with van der Waals surface area (Å²) in [6.07, 6.45) is 18.7. The van der Waals surface area contributed by atoms with Crippen molar-refractivity contribution in [3.8, 4) is 0 Å². The highest BCUT2D eigenvalue weighted by atomic mass is 32.2. The molecule has 0 radical (unpaired) electrons. The summed E-state index contributed by atoms with van der Waals surface area (Å²) >= 11 is 2.11. The minimum atomic E-state index is -2.03. The SMILES string of the molecule is CC[Si](CC)(CC)OC(C)(C)/C=C\CSC(C)C1=CC[C@H]2C3=CC=C4C[C@@H](O[Si](C)(C)C(C)(C)C)C[C@H](O[Si](C)(C)C(C)(C)C)[C@]4(C)[C@H]3CC[C@]12C. The summed E-state index contributed by atoms with van der Waals surface area (Å²) in [5, 5.41) is 0.878. The molecule has 4 aliphatic rings. The average Bonchev–Trinajstić information content (AvgIpc) is 3.38. The Morgan fingerprint density at radius 3 is 2.00 bits per heavy atom. The Bertz CT molecular complexity index is 1380. The van der Waals surface area contributed by atoms with Gasteiger partial charge in [0.1, 0.15) is 0 Å². The van der Waals surface area contributed by atoms with E-state index in [0.717, 1.165) is 18.6 Å². The van der Waals surface area contributed by atoms with Crippen LogP contribution in [0.2, 0.25) is 54.4 Å². The highest BCUT2D eigenvalue weighted by Gasteiger charge is 2.59. The zero-order chi connectivity index (χ0) is 39.3. The molecule has 4 rings (SSSR count). The Balaban J connectivity index is 1.55. The standard InChI is InChI=1S/C45H82O3SSi3/c1-19-52(20-2,21-3)48-43(11,12)28-22-30-49-33(4)37-25-26-38-36-24-23-34-31-35(46-50(15,16)41(5,6)7)32-40(47-51(17,18)42(8,9)10)45(34,14)39(36)27-29-44(37,38)13/h22-25,28,33,35,38-40H,19-21,26-27,29-32H2,1-18H3/b28-22-/t33?,35-,38+,39+,40+,44-,45+/m1/s1. The van der Waals surface area contributed by atoms with Gasteiger partial charge in [-0.25, -0.2) is 0 Å². The van der Waals surface area contributed by atoms with Gasteiger partial charge in [0.2, 0.25) is 0 Å². The minimum absolute atomic E-state index is 0.0186. The molecule has 7 atom stereocenters. The van der Waals surface area contributed by atoms with E-state index in [9.17, 15) is 0 Å². The first-order valence-corrected chi connectivity index (χ1v) is 30.6. The molecule has 0 bridgehead atoms. The van der Waals surface area contributed by atoms with E-state index < -0.39 is 25.0 Å². The van der Waals surface area contributed by atoms with Crippen molar-refractivity contribution >= 4 is 36.7 Å². The van der Waals surface area contributed by atoms with Crippen LogP contribution in [0.3, 0.4) is 0 Å². The van der Waals surface area contributed by atoms with Gasteiger partial charge in [-0.1, -0.05) is 123 Å². The van der Waals surface area contributed by atoms with Crippen LogP contribution in [0, 0.1) is 22.7 Å². The molecule has 0 spiro atoms. The number of rotatable bonds is 14. The maximum absolute atomic E-state index is 7.59. The lowest BCUT2D eigenvalue weighted by atomic mass is 9.49. The molecule has 0 aromatic heterocycles. The lowest BCUT2D eigenvalue weighted by molar-refractivity contribution is -0.0386. The molecular weight excluding hydrogens is 705 g/mol. The highest BCUT2D eigenvalue weighted by Crippen LogP contribution is 2.65. The zero-order valence-corrected chi connectivity index (χ0v) is 41.1. The first kappa shape index (κ1) is 44.6. The molecule has 2 saturated carbocycles. The molecule has 0 aromatic carbocycles. The maximum Gasteiger partial charge on any atom is 0.193 e. The van der Waals surface area contributed by atoms with Crippen molar-refractivity contribution in [1.82, 2.24) is 0 Å². The summed E-state index contributed by atoms with van der Waals surface area (Å²) in [4.78, 5) is 0. The van der Waals surface area contributed by atoms with E-state index in [4.69, 9.17) is 13.3 Å². The van der Waals surface area contributed by atoms with Crippen molar-refractivity contribution in [2.24, 2.45) is 22.7 Å². The molecule has 1 unspecified atom stereocenters. The van der Waals surface area contributed by atoms with E-state index in [1.165, 1.54) is 37.4 Å². The van der Waals surface area contributed by atoms with Crippen molar-refractivity contribution in [1.29, 1.82) is 0 Å². The fourth-order valence-electron chi connectivity index (χ4n) is 9.82. The van der Waals surface area contributed by atoms with Gasteiger partial charge in [-0.2, -0.15) is 11.8 Å². The van der Waals surface area contributed by atoms with Crippen LogP contribution in [-0.4, -0.2) is 53.8 Å². The minimum Gasteiger partial charge on any atom is -0.414 e. The number of fused-ring (bicyclic) bond motifs is 5. The zero-order valence-electron chi connectivity index (χ0n) is 37.3. The Hall–Kier alpha value is -0.159. The van der Waals surface area contributed by atoms with Crippen LogP contribution in [0.5, 0.6) is 0 Å². The molecule has 0 aliphatic heterocycles. The average molecular weight is 787 g/mol. The van der Waals surface area contributed by atoms with Gasteiger partial charge in [0, 0.05) is 16.4 Å². The summed E-state index contributed by atoms with van der Waals surface area (Å²) in [6, 6.07) is 3.59. The Labute approximate surface area is 330 Å². The van der Waals surface area contributed by atoms with E-state index in [1.54, 1.807) is 16.7 Å². The van der Waals surface area contributed by atoms with Gasteiger partial charge < -0.3 is 13.3 Å². The second-order valence-electron chi connectivity index (χ2n) is 21.2. The predicted octanol–water partition coefficient (Wildman–Crippen LogP) is 14.3. The van der Waals surface area contributed by atoms with Crippen LogP contribution >= 0.6 is 11.8 Å². The molecule has 0 amide bonds. The number of allylic oxidation sites excluding steroid dienone is 4. The summed E-state index contributed by atoms with van der Waals surface area (Å²) in [7, 11) is -5.59. The molecule has 3 nitrogen and oxygen atoms in total. The fourth-order valence-corrected chi connectivity index (χ4v) is 16.8. The van der Waals surface area contributed by atoms with Gasteiger partial charge in [-0.05, 0) is 125 Å². The number of hydrogen-bond donors (Lipinski definition) is 0. The van der Waals surface area contributed by atoms with E-state index in [1.807, 2.05) is 0 Å². The van der Waals surface area contributed by atoms with Gasteiger partial charge in [-0.15, -0.1) is 0 Å². The van der Waals surface area contributed by atoms with E-state index in [-0.39, 0.29) is 38.7 Å². The molecule has 298 valence electrons. The fraction of sp³-hybridized carbons (Fsp3) is 0.822. The molecule has 0 N–H and O–H groups in total. The van der Waals surface area contributed by atoms with Crippen LogP contribution in [0.25, 0.3) is 0 Å². The van der Waals surface area contributed by atoms with E-state index in [2.05, 4.69) is 165 Å². The number of hydrogen-bond acceptors (Lipinski definition) is 4. The quantitative estimate of drug-likeness (QED) is 0.129. The van der Waals surface area contributed by atoms with Gasteiger partial charge >= 0.3 is 0 Å². The van der Waals surface area contributed by atoms with E-state index >= 15 is 0 Å². The Morgan fingerprint density at radius 2 is 1.44 bits per heavy atom. The van der Waals surface area contributed by atoms with Gasteiger partial charge in [0.15, 0.2) is 25.0 Å². The second kappa shape index (κ2) is 15.6. The van der Waals surface area contributed by atoms with E-state index in [0.29, 0.717) is 17.1 Å². The van der Waals surface area contributed by atoms with Gasteiger partial charge in [0.25, 0.3) is 0 Å². The van der Waals surface area contributed by atoms with Gasteiger partial charge in [-0.3, -0.25) is 0 Å². The first-order valence-electron chi connectivity index (χ1n) is 21.2. The summed E-state index contributed by atoms with van der Waals surface area (Å²) < 4.78 is 21.7. The Kier molecular flexibility index (Phi) is 13.4. The number of thioether (sulfide) groups is 1. The molecule has 52 heavy (non-hydrogen) atoms. The third-order valence-electron chi connectivity index (χ3n) is 15.6. The molecule has 0 aromatic rings. The third kappa shape index (κ3) is 8.71. The van der Waals surface area contributed by atoms with Crippen LogP contribution in [0.1, 0.15) is 129 Å². The molecule has 4 aliphatic carbocycles. The normalized spacial score (nSPS) is 31.1. The van der Waals surface area contributed by atoms with Crippen molar-refractivity contribution in [3.63, 3.8) is 0 Å². The Morgan fingerprint density at radius 1 is 0.865 bits per heavy atom. The lowest BCUT2D eigenvalue weighted by Crippen LogP contribution is -2.58. The highest BCUT2D eigenvalue weighted by molar-refractivity contribution is 8.00. The molecule has 2 fully saturated rings. The largest absolute Gasteiger partial charge is 0.414 e. The predicted molar refractivity (Wildman–Crippen MR) is 238 cm³/mol. The monoisotopic (exact) mass is 787 g/mol. The second-order valence-corrected chi connectivity index (χ2v) is 36.8. The van der Waals surface area contributed by atoms with Crippen molar-refractivity contribution in [2.75, 3.05) is 5.75 Å². The maximum atomic E-state index is 7.59. The van der Waals surface area contributed by atoms with Crippen molar-refractivity contribution < 1.29 is 13.3 Å². The van der Waals surface area contributed by atoms with Crippen LogP contribution in [-0.2, 0) is 13.3 Å². The van der Waals surface area contributed by atoms with Gasteiger partial charge in [0.05, 0.1) is 17.8 Å². The van der Waals surface area contributed by atoms with Crippen LogP contribution in [0.4, 0.5) is 0 Å². The topological polar surface area (TPSA) is 27.7 Å². The van der Waals surface area contributed by atoms with Crippen molar-refractivity contribution in [2.45, 2.75) is 206 Å². The summed E-state index contributed by atoms with van der Waals surface area (Å²) in [5.74, 6) is 2.16. The molecule has 7 heteroatoms. The summed E-state index contributed by atoms with van der Waals surface area (Å²) in [5.41, 5.74) is 5.05. The smallest absolute Gasteiger partial charge is 0.193 e. The molecular formula is C45H82O3SSi3. The summed E-state index contributed by atoms with van der Waals surface area (Å²) in [6.45, 7) is 43.3. The van der Waals surface area contributed by atoms with Crippen LogP contribution in [0.15, 0.2) is 47.1 Å². The van der Waals surface area contributed by atoms with Crippen LogP contribution < -0.4 is 0 Å². The first-order chi connectivity index (χ1) is 23.7. The third-order valence-corrected chi connectivity index (χ3v) is 30.6. The molecule has 0 heterocycles. The molecule has 0 saturated heterocycles. The lowest BCUT2D eigenvalue weighted by Gasteiger charge is -2.59. The van der Waals surface area contributed by atoms with Crippen molar-refractivity contribution in [3.05, 3.63) is 47.1 Å².